The summed E-state index contributed by atoms with van der Waals surface area (Å²) in [4.78, 5) is 24.0. The van der Waals surface area contributed by atoms with Crippen molar-refractivity contribution in [1.29, 1.82) is 0 Å². The largest absolute Gasteiger partial charge is 0.469 e. The SMILES string of the molecule is COC(=O)C1CCCCCC(=O)c2ccccc21. The highest BCUT2D eigenvalue weighted by Gasteiger charge is 2.26. The average molecular weight is 246 g/mol. The van der Waals surface area contributed by atoms with E-state index < -0.39 is 0 Å². The standard InChI is InChI=1S/C15H18O3/c1-18-15(17)13-9-3-2-4-10-14(16)12-8-6-5-7-11(12)13/h5-8,13H,2-4,9-10H2,1H3. The van der Waals surface area contributed by atoms with Crippen LogP contribution >= 0.6 is 0 Å². The minimum atomic E-state index is -0.298. The summed E-state index contributed by atoms with van der Waals surface area (Å²) in [5.41, 5.74) is 1.52. The molecule has 1 unspecified atom stereocenters. The molecule has 0 saturated carbocycles. The van der Waals surface area contributed by atoms with E-state index in [1.165, 1.54) is 7.11 Å². The first-order chi connectivity index (χ1) is 8.74. The van der Waals surface area contributed by atoms with Crippen molar-refractivity contribution in [2.24, 2.45) is 0 Å². The van der Waals surface area contributed by atoms with Crippen molar-refractivity contribution in [3.05, 3.63) is 35.4 Å². The zero-order chi connectivity index (χ0) is 13.0. The first kappa shape index (κ1) is 12.8. The Kier molecular flexibility index (Phi) is 4.13. The molecule has 96 valence electrons. The number of hydrogen-bond donors (Lipinski definition) is 0. The molecule has 18 heavy (non-hydrogen) atoms. The van der Waals surface area contributed by atoms with Crippen molar-refractivity contribution in [3.8, 4) is 0 Å². The van der Waals surface area contributed by atoms with Crippen LogP contribution in [-0.4, -0.2) is 18.9 Å². The van der Waals surface area contributed by atoms with Crippen LogP contribution in [0.3, 0.4) is 0 Å². The molecule has 1 aliphatic rings. The fourth-order valence-electron chi connectivity index (χ4n) is 2.54. The Morgan fingerprint density at radius 1 is 1.22 bits per heavy atom. The van der Waals surface area contributed by atoms with E-state index in [1.807, 2.05) is 24.3 Å². The number of carbonyl (C=O) groups excluding carboxylic acids is 2. The van der Waals surface area contributed by atoms with E-state index in [9.17, 15) is 9.59 Å². The fraction of sp³-hybridized carbons (Fsp3) is 0.467. The monoisotopic (exact) mass is 246 g/mol. The van der Waals surface area contributed by atoms with Gasteiger partial charge in [-0.3, -0.25) is 9.59 Å². The molecule has 0 radical (unpaired) electrons. The quantitative estimate of drug-likeness (QED) is 0.715. The molecule has 0 fully saturated rings. The topological polar surface area (TPSA) is 43.4 Å². The fourth-order valence-corrected chi connectivity index (χ4v) is 2.54. The van der Waals surface area contributed by atoms with Crippen LogP contribution in [0.4, 0.5) is 0 Å². The van der Waals surface area contributed by atoms with Gasteiger partial charge >= 0.3 is 5.97 Å². The second-order valence-electron chi connectivity index (χ2n) is 4.69. The first-order valence-electron chi connectivity index (χ1n) is 6.44. The van der Waals surface area contributed by atoms with E-state index in [4.69, 9.17) is 4.74 Å². The Labute approximate surface area is 107 Å². The summed E-state index contributed by atoms with van der Waals surface area (Å²) in [6, 6.07) is 7.42. The number of hydrogen-bond acceptors (Lipinski definition) is 3. The van der Waals surface area contributed by atoms with Gasteiger partial charge in [0.2, 0.25) is 0 Å². The number of esters is 1. The Hall–Kier alpha value is -1.64. The van der Waals surface area contributed by atoms with Crippen molar-refractivity contribution < 1.29 is 14.3 Å². The molecule has 0 heterocycles. The maximum absolute atomic E-state index is 12.1. The third-order valence-electron chi connectivity index (χ3n) is 3.52. The lowest BCUT2D eigenvalue weighted by atomic mass is 9.89. The van der Waals surface area contributed by atoms with E-state index in [1.54, 1.807) is 0 Å². The van der Waals surface area contributed by atoms with Crippen molar-refractivity contribution in [2.75, 3.05) is 7.11 Å². The van der Waals surface area contributed by atoms with Crippen LogP contribution < -0.4 is 0 Å². The number of ether oxygens (including phenoxy) is 1. The normalized spacial score (nSPS) is 20.3. The van der Waals surface area contributed by atoms with E-state index in [-0.39, 0.29) is 17.7 Å². The van der Waals surface area contributed by atoms with Crippen LogP contribution in [0.5, 0.6) is 0 Å². The smallest absolute Gasteiger partial charge is 0.313 e. The zero-order valence-electron chi connectivity index (χ0n) is 10.6. The first-order valence-corrected chi connectivity index (χ1v) is 6.44. The molecule has 1 aromatic rings. The third-order valence-corrected chi connectivity index (χ3v) is 3.52. The maximum atomic E-state index is 12.1. The zero-order valence-corrected chi connectivity index (χ0v) is 10.6. The van der Waals surface area contributed by atoms with Crippen molar-refractivity contribution in [1.82, 2.24) is 0 Å². The summed E-state index contributed by atoms with van der Waals surface area (Å²) in [6.07, 6.45) is 4.19. The van der Waals surface area contributed by atoms with Crippen LogP contribution in [-0.2, 0) is 9.53 Å². The maximum Gasteiger partial charge on any atom is 0.313 e. The minimum Gasteiger partial charge on any atom is -0.469 e. The van der Waals surface area contributed by atoms with Gasteiger partial charge in [-0.05, 0) is 18.4 Å². The molecule has 0 bridgehead atoms. The lowest BCUT2D eigenvalue weighted by Gasteiger charge is -2.16. The Morgan fingerprint density at radius 2 is 2.00 bits per heavy atom. The molecule has 0 N–H and O–H groups in total. The van der Waals surface area contributed by atoms with Gasteiger partial charge in [0.1, 0.15) is 0 Å². The highest BCUT2D eigenvalue weighted by molar-refractivity contribution is 5.99. The second kappa shape index (κ2) is 5.80. The van der Waals surface area contributed by atoms with Crippen LogP contribution in [0.15, 0.2) is 24.3 Å². The van der Waals surface area contributed by atoms with Crippen LogP contribution in [0.1, 0.15) is 53.9 Å². The molecule has 1 aliphatic carbocycles. The van der Waals surface area contributed by atoms with Gasteiger partial charge in [-0.25, -0.2) is 0 Å². The molecule has 3 heteroatoms. The van der Waals surface area contributed by atoms with E-state index in [0.717, 1.165) is 31.2 Å². The van der Waals surface area contributed by atoms with Gasteiger partial charge < -0.3 is 4.74 Å². The molecule has 1 atom stereocenters. The number of carbonyl (C=O) groups is 2. The molecule has 0 aliphatic heterocycles. The predicted molar refractivity (Wildman–Crippen MR) is 68.6 cm³/mol. The molecule has 0 saturated heterocycles. The Bertz CT molecular complexity index is 451. The van der Waals surface area contributed by atoms with Gasteiger partial charge in [-0.2, -0.15) is 0 Å². The van der Waals surface area contributed by atoms with Crippen LogP contribution in [0, 0.1) is 0 Å². The molecule has 1 aromatic carbocycles. The Balaban J connectivity index is 2.44. The summed E-state index contributed by atoms with van der Waals surface area (Å²) in [5, 5.41) is 0. The average Bonchev–Trinajstić information content (AvgIpc) is 2.48. The van der Waals surface area contributed by atoms with Crippen LogP contribution in [0.25, 0.3) is 0 Å². The number of fused-ring (bicyclic) bond motifs is 1. The second-order valence-corrected chi connectivity index (χ2v) is 4.69. The van der Waals surface area contributed by atoms with Gasteiger partial charge in [0, 0.05) is 12.0 Å². The molecular formula is C15H18O3. The van der Waals surface area contributed by atoms with Gasteiger partial charge in [-0.15, -0.1) is 0 Å². The van der Waals surface area contributed by atoms with Crippen molar-refractivity contribution >= 4 is 11.8 Å². The van der Waals surface area contributed by atoms with Crippen molar-refractivity contribution in [2.45, 2.75) is 38.0 Å². The molecule has 3 nitrogen and oxygen atoms in total. The number of rotatable bonds is 1. The number of Topliss-reactive ketones (excluding diaryl/α,β-unsaturated/α-hetero) is 1. The van der Waals surface area contributed by atoms with Gasteiger partial charge in [0.25, 0.3) is 0 Å². The van der Waals surface area contributed by atoms with Gasteiger partial charge in [0.15, 0.2) is 5.78 Å². The number of benzene rings is 1. The summed E-state index contributed by atoms with van der Waals surface area (Å²) in [7, 11) is 1.40. The molecular weight excluding hydrogens is 228 g/mol. The number of ketones is 1. The highest BCUT2D eigenvalue weighted by atomic mass is 16.5. The predicted octanol–water partition coefficient (Wildman–Crippen LogP) is 3.09. The lowest BCUT2D eigenvalue weighted by Crippen LogP contribution is -2.17. The third kappa shape index (κ3) is 2.61. The van der Waals surface area contributed by atoms with Crippen molar-refractivity contribution in [3.63, 3.8) is 0 Å². The van der Waals surface area contributed by atoms with E-state index >= 15 is 0 Å². The lowest BCUT2D eigenvalue weighted by molar-refractivity contribution is -0.142. The minimum absolute atomic E-state index is 0.140. The van der Waals surface area contributed by atoms with Crippen LogP contribution in [0.2, 0.25) is 0 Å². The summed E-state index contributed by atoms with van der Waals surface area (Å²) >= 11 is 0. The summed E-state index contributed by atoms with van der Waals surface area (Å²) < 4.78 is 4.87. The molecule has 0 aromatic heterocycles. The summed E-state index contributed by atoms with van der Waals surface area (Å²) in [6.45, 7) is 0. The molecule has 0 spiro atoms. The molecule has 0 amide bonds. The summed E-state index contributed by atoms with van der Waals surface area (Å²) in [5.74, 6) is -0.396. The highest BCUT2D eigenvalue weighted by Crippen LogP contribution is 2.29. The number of methoxy groups -OCH3 is 1. The molecule has 2 rings (SSSR count). The van der Waals surface area contributed by atoms with E-state index in [0.29, 0.717) is 12.0 Å². The van der Waals surface area contributed by atoms with E-state index in [2.05, 4.69) is 0 Å². The van der Waals surface area contributed by atoms with Gasteiger partial charge in [-0.1, -0.05) is 37.1 Å². The Morgan fingerprint density at radius 3 is 2.78 bits per heavy atom. The van der Waals surface area contributed by atoms with Gasteiger partial charge in [0.05, 0.1) is 13.0 Å².